The summed E-state index contributed by atoms with van der Waals surface area (Å²) in [6.07, 6.45) is 3.43. The van der Waals surface area contributed by atoms with E-state index in [1.54, 1.807) is 0 Å². The van der Waals surface area contributed by atoms with Gasteiger partial charge in [-0.3, -0.25) is 9.58 Å². The van der Waals surface area contributed by atoms with Gasteiger partial charge in [0, 0.05) is 36.9 Å². The van der Waals surface area contributed by atoms with Gasteiger partial charge in [-0.1, -0.05) is 0 Å². The number of hydrogen-bond acceptors (Lipinski definition) is 3. The van der Waals surface area contributed by atoms with Gasteiger partial charge in [0.2, 0.25) is 0 Å². The molecule has 0 radical (unpaired) electrons. The summed E-state index contributed by atoms with van der Waals surface area (Å²) >= 11 is 0. The maximum atomic E-state index is 5.78. The lowest BCUT2D eigenvalue weighted by Gasteiger charge is -2.20. The van der Waals surface area contributed by atoms with Crippen LogP contribution in [0.3, 0.4) is 0 Å². The number of rotatable bonds is 4. The van der Waals surface area contributed by atoms with Crippen molar-refractivity contribution in [2.45, 2.75) is 52.7 Å². The largest absolute Gasteiger partial charge is 0.330 e. The van der Waals surface area contributed by atoms with Gasteiger partial charge in [0.05, 0.1) is 5.69 Å². The topological polar surface area (TPSA) is 47.1 Å². The van der Waals surface area contributed by atoms with Gasteiger partial charge in [0.1, 0.15) is 0 Å². The fourth-order valence-electron chi connectivity index (χ4n) is 2.77. The molecule has 0 bridgehead atoms. The van der Waals surface area contributed by atoms with E-state index in [-0.39, 0.29) is 0 Å². The average molecular weight is 250 g/mol. The molecule has 102 valence electrons. The minimum Gasteiger partial charge on any atom is -0.330 e. The van der Waals surface area contributed by atoms with Crippen molar-refractivity contribution in [3.8, 4) is 0 Å². The Balaban J connectivity index is 2.05. The van der Waals surface area contributed by atoms with E-state index >= 15 is 0 Å². The number of hydrogen-bond donors (Lipinski definition) is 1. The van der Waals surface area contributed by atoms with E-state index < -0.39 is 0 Å². The van der Waals surface area contributed by atoms with Crippen molar-refractivity contribution in [3.63, 3.8) is 0 Å². The molecular weight excluding hydrogens is 224 g/mol. The maximum Gasteiger partial charge on any atom is 0.0638 e. The molecule has 1 aromatic heterocycles. The van der Waals surface area contributed by atoms with E-state index in [9.17, 15) is 0 Å². The molecule has 2 atom stereocenters. The van der Waals surface area contributed by atoms with E-state index in [1.807, 2.05) is 0 Å². The molecule has 1 aliphatic heterocycles. The van der Waals surface area contributed by atoms with Crippen LogP contribution < -0.4 is 5.73 Å². The molecule has 1 aliphatic rings. The van der Waals surface area contributed by atoms with Crippen LogP contribution in [0.1, 0.15) is 44.5 Å². The normalized spacial score (nSPS) is 25.2. The minimum atomic E-state index is 0.435. The van der Waals surface area contributed by atoms with Crippen molar-refractivity contribution >= 4 is 0 Å². The van der Waals surface area contributed by atoms with Crippen molar-refractivity contribution < 1.29 is 0 Å². The molecule has 0 aromatic carbocycles. The van der Waals surface area contributed by atoms with Gasteiger partial charge >= 0.3 is 0 Å². The third-order valence-corrected chi connectivity index (χ3v) is 4.04. The average Bonchev–Trinajstić information content (AvgIpc) is 2.85. The molecule has 2 rings (SSSR count). The Labute approximate surface area is 110 Å². The summed E-state index contributed by atoms with van der Waals surface area (Å²) < 4.78 is 2.06. The molecule has 4 nitrogen and oxygen atoms in total. The first-order valence-corrected chi connectivity index (χ1v) is 7.00. The number of likely N-dealkylation sites (tertiary alicyclic amines) is 1. The maximum absolute atomic E-state index is 5.78. The summed E-state index contributed by atoms with van der Waals surface area (Å²) in [4.78, 5) is 2.53. The van der Waals surface area contributed by atoms with Gasteiger partial charge in [-0.15, -0.1) is 0 Å². The van der Waals surface area contributed by atoms with Crippen LogP contribution in [0.15, 0.2) is 6.20 Å². The Kier molecular flexibility index (Phi) is 4.07. The van der Waals surface area contributed by atoms with Gasteiger partial charge in [-0.25, -0.2) is 0 Å². The second kappa shape index (κ2) is 5.41. The van der Waals surface area contributed by atoms with Crippen molar-refractivity contribution in [1.82, 2.24) is 14.7 Å². The van der Waals surface area contributed by atoms with Gasteiger partial charge in [-0.2, -0.15) is 5.10 Å². The molecule has 1 saturated heterocycles. The number of nitrogens with two attached hydrogens (primary N) is 1. The van der Waals surface area contributed by atoms with Crippen LogP contribution in [0.2, 0.25) is 0 Å². The van der Waals surface area contributed by atoms with Crippen molar-refractivity contribution in [1.29, 1.82) is 0 Å². The van der Waals surface area contributed by atoms with E-state index in [0.29, 0.717) is 18.0 Å². The third-order valence-electron chi connectivity index (χ3n) is 4.04. The molecule has 2 N–H and O–H groups in total. The summed E-state index contributed by atoms with van der Waals surface area (Å²) in [5, 5.41) is 4.58. The summed E-state index contributed by atoms with van der Waals surface area (Å²) in [6, 6.07) is 1.07. The molecule has 1 fully saturated rings. The van der Waals surface area contributed by atoms with E-state index in [4.69, 9.17) is 5.73 Å². The van der Waals surface area contributed by atoms with Crippen LogP contribution in [0, 0.1) is 12.8 Å². The van der Waals surface area contributed by atoms with Crippen LogP contribution in [0.4, 0.5) is 0 Å². The lowest BCUT2D eigenvalue weighted by Crippen LogP contribution is -2.27. The highest BCUT2D eigenvalue weighted by molar-refractivity contribution is 5.16. The first-order chi connectivity index (χ1) is 8.51. The van der Waals surface area contributed by atoms with Crippen LogP contribution in [-0.2, 0) is 6.54 Å². The Morgan fingerprint density at radius 1 is 1.50 bits per heavy atom. The smallest absolute Gasteiger partial charge is 0.0638 e. The molecular formula is C14H26N4. The van der Waals surface area contributed by atoms with Crippen LogP contribution >= 0.6 is 0 Å². The monoisotopic (exact) mass is 250 g/mol. The Bertz CT molecular complexity index is 396. The van der Waals surface area contributed by atoms with E-state index in [0.717, 1.165) is 25.3 Å². The summed E-state index contributed by atoms with van der Waals surface area (Å²) in [5.41, 5.74) is 8.30. The third kappa shape index (κ3) is 2.75. The summed E-state index contributed by atoms with van der Waals surface area (Å²) in [6.45, 7) is 11.7. The zero-order valence-electron chi connectivity index (χ0n) is 12.1. The van der Waals surface area contributed by atoms with E-state index in [2.05, 4.69) is 48.6 Å². The van der Waals surface area contributed by atoms with Crippen molar-refractivity contribution in [2.24, 2.45) is 11.7 Å². The Morgan fingerprint density at radius 2 is 2.22 bits per heavy atom. The summed E-state index contributed by atoms with van der Waals surface area (Å²) in [7, 11) is 0. The predicted molar refractivity (Wildman–Crippen MR) is 74.4 cm³/mol. The number of nitrogens with zero attached hydrogens (tertiary/aromatic N) is 3. The first-order valence-electron chi connectivity index (χ1n) is 7.00. The van der Waals surface area contributed by atoms with Gasteiger partial charge < -0.3 is 5.73 Å². The number of aromatic nitrogens is 2. The fraction of sp³-hybridized carbons (Fsp3) is 0.786. The standard InChI is InChI=1S/C14H26N4/c1-10(2)18-9-14(12(4)16-18)8-17-7-13(6-15)5-11(17)3/h9-11,13H,5-8,15H2,1-4H3. The summed E-state index contributed by atoms with van der Waals surface area (Å²) in [5.74, 6) is 0.667. The Hall–Kier alpha value is -0.870. The van der Waals surface area contributed by atoms with Gasteiger partial charge in [0.15, 0.2) is 0 Å². The SMILES string of the molecule is Cc1nn(C(C)C)cc1CN1CC(CN)CC1C. The predicted octanol–water partition coefficient (Wildman–Crippen LogP) is 1.94. The van der Waals surface area contributed by atoms with Crippen molar-refractivity contribution in [3.05, 3.63) is 17.5 Å². The lowest BCUT2D eigenvalue weighted by molar-refractivity contribution is 0.255. The highest BCUT2D eigenvalue weighted by Crippen LogP contribution is 2.25. The first kappa shape index (κ1) is 13.6. The molecule has 4 heteroatoms. The highest BCUT2D eigenvalue weighted by Gasteiger charge is 2.28. The molecule has 0 saturated carbocycles. The second-order valence-electron chi connectivity index (χ2n) is 5.93. The molecule has 0 amide bonds. The Morgan fingerprint density at radius 3 is 2.72 bits per heavy atom. The molecule has 0 aliphatic carbocycles. The lowest BCUT2D eigenvalue weighted by atomic mass is 10.1. The molecule has 2 heterocycles. The zero-order valence-corrected chi connectivity index (χ0v) is 12.1. The zero-order chi connectivity index (χ0) is 13.3. The molecule has 1 aromatic rings. The molecule has 18 heavy (non-hydrogen) atoms. The van der Waals surface area contributed by atoms with Crippen LogP contribution in [0.25, 0.3) is 0 Å². The molecule has 0 spiro atoms. The van der Waals surface area contributed by atoms with E-state index in [1.165, 1.54) is 12.0 Å². The number of aryl methyl sites for hydroxylation is 1. The quantitative estimate of drug-likeness (QED) is 0.888. The van der Waals surface area contributed by atoms with Gasteiger partial charge in [-0.05, 0) is 46.6 Å². The van der Waals surface area contributed by atoms with Crippen molar-refractivity contribution in [2.75, 3.05) is 13.1 Å². The molecule has 2 unspecified atom stereocenters. The fourth-order valence-corrected chi connectivity index (χ4v) is 2.77. The van der Waals surface area contributed by atoms with Gasteiger partial charge in [0.25, 0.3) is 0 Å². The second-order valence-corrected chi connectivity index (χ2v) is 5.93. The minimum absolute atomic E-state index is 0.435. The van der Waals surface area contributed by atoms with Crippen LogP contribution in [-0.4, -0.2) is 33.8 Å². The highest BCUT2D eigenvalue weighted by atomic mass is 15.3. The van der Waals surface area contributed by atoms with Crippen LogP contribution in [0.5, 0.6) is 0 Å².